The Balaban J connectivity index is 2.63. The molecular weight excluding hydrogens is 361 g/mol. The first-order chi connectivity index (χ1) is 10.7. The molecule has 24 heavy (non-hydrogen) atoms. The molecule has 0 spiro atoms. The van der Waals surface area contributed by atoms with Gasteiger partial charge in [-0.25, -0.2) is 0 Å². The molecule has 0 bridgehead atoms. The minimum atomic E-state index is -6.17. The summed E-state index contributed by atoms with van der Waals surface area (Å²) in [4.78, 5) is 30.6. The first-order valence-corrected chi connectivity index (χ1v) is 8.42. The average Bonchev–Trinajstić information content (AvgIpc) is 2.45. The molecule has 0 amide bonds. The Morgan fingerprint density at radius 1 is 0.625 bits per heavy atom. The van der Waals surface area contributed by atoms with Crippen LogP contribution in [0.1, 0.15) is 11.1 Å². The molecule has 0 aromatic heterocycles. The van der Waals surface area contributed by atoms with Gasteiger partial charge in [-0.15, -0.1) is 0 Å². The Hall–Kier alpha value is -1.67. The number of hydrogen-bond acceptors (Lipinski definition) is 3. The summed E-state index contributed by atoms with van der Waals surface area (Å²) in [5.74, 6) is 0. The molecule has 10 heteroatoms. The van der Waals surface area contributed by atoms with E-state index < -0.39 is 41.4 Å². The van der Waals surface area contributed by atoms with Crippen molar-refractivity contribution in [1.29, 1.82) is 0 Å². The summed E-state index contributed by atoms with van der Waals surface area (Å²) < 4.78 is 76.3. The van der Waals surface area contributed by atoms with Crippen molar-refractivity contribution in [1.82, 2.24) is 0 Å². The van der Waals surface area contributed by atoms with Crippen molar-refractivity contribution >= 4 is 17.9 Å². The Morgan fingerprint density at radius 2 is 0.958 bits per heavy atom. The summed E-state index contributed by atoms with van der Waals surface area (Å²) in [6.07, 6.45) is -9.66. The third kappa shape index (κ3) is 3.54. The van der Waals surface area contributed by atoms with Crippen LogP contribution in [0.5, 0.6) is 0 Å². The van der Waals surface area contributed by atoms with E-state index >= 15 is 0 Å². The summed E-state index contributed by atoms with van der Waals surface area (Å²) in [5.41, 5.74) is -2.56. The molecule has 3 N–H and O–H groups in total. The summed E-state index contributed by atoms with van der Waals surface area (Å²) in [6, 6.07) is 5.06. The molecule has 0 radical (unpaired) electrons. The van der Waals surface area contributed by atoms with Crippen molar-refractivity contribution in [2.45, 2.75) is 12.4 Å². The van der Waals surface area contributed by atoms with Gasteiger partial charge in [-0.1, -0.05) is 0 Å². The van der Waals surface area contributed by atoms with Gasteiger partial charge in [0.2, 0.25) is 0 Å². The fraction of sp³-hybridized carbons (Fsp3) is 0.143. The number of halogens is 6. The summed E-state index contributed by atoms with van der Waals surface area (Å²) in [5, 5.41) is -1.84. The molecule has 0 heterocycles. The molecule has 0 fully saturated rings. The molecule has 0 aliphatic heterocycles. The van der Waals surface area contributed by atoms with Crippen molar-refractivity contribution < 1.29 is 41.0 Å². The van der Waals surface area contributed by atoms with Gasteiger partial charge in [0.05, 0.1) is 0 Å². The zero-order valence-electron chi connectivity index (χ0n) is 11.7. The Labute approximate surface area is 132 Å². The van der Waals surface area contributed by atoms with Crippen LogP contribution in [0.25, 0.3) is 0 Å². The topological polar surface area (TPSA) is 60.7 Å². The van der Waals surface area contributed by atoms with Crippen LogP contribution in [0, 0.1) is 0 Å². The molecule has 0 unspecified atom stereocenters. The minimum absolute atomic E-state index is 0.290. The number of alkyl halides is 6. The van der Waals surface area contributed by atoms with Crippen LogP contribution in [-0.4, -0.2) is 14.7 Å². The van der Waals surface area contributed by atoms with E-state index in [1.54, 1.807) is 0 Å². The Bertz CT molecular complexity index is 700. The summed E-state index contributed by atoms with van der Waals surface area (Å²) >= 11 is 0. The van der Waals surface area contributed by atoms with Crippen LogP contribution in [-0.2, 0) is 12.4 Å². The van der Waals surface area contributed by atoms with Gasteiger partial charge >= 0.3 is 131 Å². The Kier molecular flexibility index (Phi) is 4.22. The van der Waals surface area contributed by atoms with Crippen LogP contribution in [0.15, 0.2) is 48.5 Å². The van der Waals surface area contributed by atoms with Crippen LogP contribution in [0.2, 0.25) is 0 Å². The zero-order chi connectivity index (χ0) is 18.4. The van der Waals surface area contributed by atoms with E-state index in [2.05, 4.69) is 0 Å². The molecule has 0 aliphatic rings. The molecule has 2 aromatic carbocycles. The first kappa shape index (κ1) is 18.7. The number of benzene rings is 2. The quantitative estimate of drug-likeness (QED) is 0.561. The molecule has 2 rings (SSSR count). The number of hydrogen-bond donors (Lipinski definition) is 3. The van der Waals surface area contributed by atoms with Gasteiger partial charge in [-0.3, -0.25) is 0 Å². The van der Waals surface area contributed by atoms with E-state index in [4.69, 9.17) is 0 Å². The molecule has 2 aromatic rings. The van der Waals surface area contributed by atoms with Crippen molar-refractivity contribution in [3.8, 4) is 0 Å². The van der Waals surface area contributed by atoms with Gasteiger partial charge in [-0.2, -0.15) is 0 Å². The number of rotatable bonds is 2. The Morgan fingerprint density at radius 3 is 1.25 bits per heavy atom. The monoisotopic (exact) mass is 372 g/mol. The molecule has 0 atom stereocenters. The van der Waals surface area contributed by atoms with Crippen LogP contribution in [0.4, 0.5) is 26.3 Å². The zero-order valence-corrected chi connectivity index (χ0v) is 12.6. The van der Waals surface area contributed by atoms with Gasteiger partial charge in [0.1, 0.15) is 0 Å². The predicted molar refractivity (Wildman–Crippen MR) is 75.7 cm³/mol. The van der Waals surface area contributed by atoms with E-state index in [1.165, 1.54) is 0 Å². The van der Waals surface area contributed by atoms with Crippen molar-refractivity contribution in [3.05, 3.63) is 59.7 Å². The van der Waals surface area contributed by atoms with E-state index in [0.29, 0.717) is 12.1 Å². The summed E-state index contributed by atoms with van der Waals surface area (Å²) in [6.45, 7) is 0. The van der Waals surface area contributed by atoms with E-state index in [9.17, 15) is 41.0 Å². The molecule has 0 saturated carbocycles. The van der Waals surface area contributed by atoms with Crippen LogP contribution in [0.3, 0.4) is 0 Å². The van der Waals surface area contributed by atoms with Crippen molar-refractivity contribution in [2.75, 3.05) is 0 Å². The van der Waals surface area contributed by atoms with Crippen LogP contribution < -0.4 is 10.6 Å². The van der Waals surface area contributed by atoms with E-state index in [0.717, 1.165) is 24.3 Å². The molecule has 132 valence electrons. The molecular formula is C14H11F6O3P. The SMILES string of the molecule is OP(O)(O)(c1cccc(C(F)(F)F)c1)c1cccc(C(F)(F)F)c1. The second kappa shape index (κ2) is 5.42. The average molecular weight is 372 g/mol. The van der Waals surface area contributed by atoms with Gasteiger partial charge < -0.3 is 0 Å². The third-order valence-corrected chi connectivity index (χ3v) is 5.76. The standard InChI is InChI=1S/C14H11F6O3P/c15-13(16,17)9-3-1-5-11(7-9)24(21,22,23)12-6-2-4-10(8-12)14(18,19)20/h1-8,21-23H. The predicted octanol–water partition coefficient (Wildman–Crippen LogP) is 2.95. The maximum atomic E-state index is 12.7. The van der Waals surface area contributed by atoms with E-state index in [1.807, 2.05) is 0 Å². The van der Waals surface area contributed by atoms with Crippen molar-refractivity contribution in [2.24, 2.45) is 0 Å². The molecule has 0 saturated heterocycles. The fourth-order valence-electron chi connectivity index (χ4n) is 2.03. The van der Waals surface area contributed by atoms with Gasteiger partial charge in [0, 0.05) is 0 Å². The molecule has 3 nitrogen and oxygen atoms in total. The van der Waals surface area contributed by atoms with E-state index in [-0.39, 0.29) is 12.1 Å². The second-order valence-electron chi connectivity index (χ2n) is 5.08. The first-order valence-electron chi connectivity index (χ1n) is 6.32. The third-order valence-electron chi connectivity index (χ3n) is 3.30. The van der Waals surface area contributed by atoms with Gasteiger partial charge in [0.15, 0.2) is 0 Å². The van der Waals surface area contributed by atoms with Crippen molar-refractivity contribution in [3.63, 3.8) is 0 Å². The van der Waals surface area contributed by atoms with Crippen LogP contribution >= 0.6 is 7.28 Å². The second-order valence-corrected chi connectivity index (χ2v) is 8.07. The fourth-order valence-corrected chi connectivity index (χ4v) is 3.80. The summed E-state index contributed by atoms with van der Waals surface area (Å²) in [7, 11) is -6.17. The maximum absolute atomic E-state index is 12.7. The van der Waals surface area contributed by atoms with Gasteiger partial charge in [-0.05, 0) is 0 Å². The normalized spacial score (nSPS) is 15.0. The van der Waals surface area contributed by atoms with Gasteiger partial charge in [0.25, 0.3) is 0 Å². The molecule has 0 aliphatic carbocycles.